The zero-order chi connectivity index (χ0) is 27.4. The third kappa shape index (κ3) is 5.88. The second-order valence-corrected chi connectivity index (χ2v) is 11.1. The highest BCUT2D eigenvalue weighted by molar-refractivity contribution is 5.90. The van der Waals surface area contributed by atoms with Crippen LogP contribution in [0.15, 0.2) is 55.2 Å². The standard InChI is InChI=1S/C31H36N6O2/c1-21(2)16-23-8-10-24(11-9-23)22(3)31(38)39-20-36-15-13-27-29(33-19-34-30(27)36)26-17-35-37(18-26)28(12-14-32)25-6-4-5-7-25/h8-11,13,15,17-19,21-22,25,28H,4-7,12,16,20H2,1-3H3/t22-,28+/m0/s1. The summed E-state index contributed by atoms with van der Waals surface area (Å²) < 4.78 is 9.45. The minimum atomic E-state index is -0.364. The summed E-state index contributed by atoms with van der Waals surface area (Å²) in [6.45, 7) is 6.34. The Morgan fingerprint density at radius 1 is 1.13 bits per heavy atom. The van der Waals surface area contributed by atoms with Crippen LogP contribution in [0.25, 0.3) is 22.3 Å². The van der Waals surface area contributed by atoms with Gasteiger partial charge in [0.1, 0.15) is 12.0 Å². The summed E-state index contributed by atoms with van der Waals surface area (Å²) in [4.78, 5) is 21.9. The smallest absolute Gasteiger partial charge is 0.314 e. The lowest BCUT2D eigenvalue weighted by atomic mass is 9.96. The fraction of sp³-hybridized carbons (Fsp3) is 0.452. The number of nitrogens with zero attached hydrogens (tertiary/aromatic N) is 6. The zero-order valence-electron chi connectivity index (χ0n) is 23.0. The van der Waals surface area contributed by atoms with E-state index >= 15 is 0 Å². The largest absolute Gasteiger partial charge is 0.443 e. The molecule has 1 aliphatic carbocycles. The number of fused-ring (bicyclic) bond motifs is 1. The molecule has 3 aromatic heterocycles. The van der Waals surface area contributed by atoms with Gasteiger partial charge in [-0.1, -0.05) is 51.0 Å². The van der Waals surface area contributed by atoms with Crippen molar-refractivity contribution in [1.82, 2.24) is 24.3 Å². The molecule has 202 valence electrons. The number of carbonyl (C=O) groups excluding carboxylic acids is 1. The first-order valence-corrected chi connectivity index (χ1v) is 13.9. The Labute approximate surface area is 229 Å². The quantitative estimate of drug-likeness (QED) is 0.221. The van der Waals surface area contributed by atoms with Crippen LogP contribution in [0.2, 0.25) is 0 Å². The maximum Gasteiger partial charge on any atom is 0.314 e. The van der Waals surface area contributed by atoms with E-state index in [0.717, 1.165) is 41.5 Å². The Hall–Kier alpha value is -3.99. The summed E-state index contributed by atoms with van der Waals surface area (Å²) in [6.07, 6.45) is 13.4. The summed E-state index contributed by atoms with van der Waals surface area (Å²) >= 11 is 0. The molecule has 0 radical (unpaired) electrons. The lowest BCUT2D eigenvalue weighted by Crippen LogP contribution is -2.17. The second kappa shape index (κ2) is 11.8. The maximum absolute atomic E-state index is 12.9. The average Bonchev–Trinajstić information content (AvgIpc) is 3.71. The van der Waals surface area contributed by atoms with Crippen molar-refractivity contribution in [1.29, 1.82) is 5.26 Å². The highest BCUT2D eigenvalue weighted by Crippen LogP contribution is 2.36. The van der Waals surface area contributed by atoms with Crippen molar-refractivity contribution in [2.24, 2.45) is 11.8 Å². The number of aromatic nitrogens is 5. The average molecular weight is 525 g/mol. The molecule has 0 spiro atoms. The summed E-state index contributed by atoms with van der Waals surface area (Å²) in [5.41, 5.74) is 4.56. The highest BCUT2D eigenvalue weighted by atomic mass is 16.5. The predicted octanol–water partition coefficient (Wildman–Crippen LogP) is 6.44. The van der Waals surface area contributed by atoms with Gasteiger partial charge in [-0.05, 0) is 55.2 Å². The van der Waals surface area contributed by atoms with E-state index in [0.29, 0.717) is 23.9 Å². The van der Waals surface area contributed by atoms with Crippen molar-refractivity contribution in [3.8, 4) is 17.3 Å². The molecule has 3 heterocycles. The SMILES string of the molecule is CC(C)Cc1ccc([C@H](C)C(=O)OCn2ccc3c(-c4cnn([C@H](CC#N)C5CCCC5)c4)ncnc32)cc1. The summed E-state index contributed by atoms with van der Waals surface area (Å²) in [7, 11) is 0. The molecular weight excluding hydrogens is 488 g/mol. The van der Waals surface area contributed by atoms with Gasteiger partial charge in [-0.25, -0.2) is 9.97 Å². The molecule has 1 aromatic carbocycles. The van der Waals surface area contributed by atoms with Crippen molar-refractivity contribution in [2.45, 2.75) is 78.0 Å². The molecule has 0 saturated heterocycles. The monoisotopic (exact) mass is 524 g/mol. The Balaban J connectivity index is 1.29. The van der Waals surface area contributed by atoms with E-state index in [9.17, 15) is 10.1 Å². The van der Waals surface area contributed by atoms with E-state index < -0.39 is 0 Å². The number of carbonyl (C=O) groups is 1. The van der Waals surface area contributed by atoms with Gasteiger partial charge in [0.2, 0.25) is 0 Å². The van der Waals surface area contributed by atoms with Gasteiger partial charge < -0.3 is 4.74 Å². The third-order valence-electron chi connectivity index (χ3n) is 7.84. The second-order valence-electron chi connectivity index (χ2n) is 11.1. The summed E-state index contributed by atoms with van der Waals surface area (Å²) in [6, 6.07) is 12.6. The van der Waals surface area contributed by atoms with Crippen molar-refractivity contribution in [3.05, 3.63) is 66.4 Å². The van der Waals surface area contributed by atoms with Gasteiger partial charge in [-0.2, -0.15) is 10.4 Å². The van der Waals surface area contributed by atoms with Gasteiger partial charge in [0.05, 0.1) is 36.3 Å². The first-order chi connectivity index (χ1) is 18.9. The molecule has 2 atom stereocenters. The Kier molecular flexibility index (Phi) is 8.06. The third-order valence-corrected chi connectivity index (χ3v) is 7.84. The van der Waals surface area contributed by atoms with E-state index in [1.54, 1.807) is 0 Å². The Bertz CT molecular complexity index is 1460. The molecule has 1 saturated carbocycles. The lowest BCUT2D eigenvalue weighted by molar-refractivity contribution is -0.148. The molecular formula is C31H36N6O2. The van der Waals surface area contributed by atoms with Crippen LogP contribution in [-0.4, -0.2) is 30.3 Å². The van der Waals surface area contributed by atoms with Crippen molar-refractivity contribution in [2.75, 3.05) is 0 Å². The molecule has 0 aliphatic heterocycles. The molecule has 1 fully saturated rings. The van der Waals surface area contributed by atoms with Gasteiger partial charge >= 0.3 is 5.97 Å². The van der Waals surface area contributed by atoms with E-state index in [-0.39, 0.29) is 24.7 Å². The van der Waals surface area contributed by atoms with Crippen LogP contribution in [0, 0.1) is 23.2 Å². The van der Waals surface area contributed by atoms with Crippen LogP contribution in [0.4, 0.5) is 0 Å². The van der Waals surface area contributed by atoms with E-state index in [4.69, 9.17) is 4.74 Å². The molecule has 0 unspecified atom stereocenters. The molecule has 1 aliphatic rings. The first kappa shape index (κ1) is 26.6. The van der Waals surface area contributed by atoms with Gasteiger partial charge in [0, 0.05) is 23.3 Å². The Morgan fingerprint density at radius 3 is 2.62 bits per heavy atom. The minimum absolute atomic E-state index is 0.0692. The molecule has 39 heavy (non-hydrogen) atoms. The number of esters is 1. The lowest BCUT2D eigenvalue weighted by Gasteiger charge is -2.21. The summed E-state index contributed by atoms with van der Waals surface area (Å²) in [5, 5.41) is 14.9. The van der Waals surface area contributed by atoms with Crippen LogP contribution in [0.5, 0.6) is 0 Å². The zero-order valence-corrected chi connectivity index (χ0v) is 23.0. The molecule has 8 nitrogen and oxygen atoms in total. The number of benzene rings is 1. The highest BCUT2D eigenvalue weighted by Gasteiger charge is 2.27. The van der Waals surface area contributed by atoms with Crippen LogP contribution >= 0.6 is 0 Å². The van der Waals surface area contributed by atoms with E-state index in [2.05, 4.69) is 47.1 Å². The number of hydrogen-bond donors (Lipinski definition) is 0. The van der Waals surface area contributed by atoms with Crippen LogP contribution in [0.3, 0.4) is 0 Å². The van der Waals surface area contributed by atoms with Crippen molar-refractivity contribution in [3.63, 3.8) is 0 Å². The normalized spacial score (nSPS) is 15.5. The fourth-order valence-electron chi connectivity index (χ4n) is 5.70. The van der Waals surface area contributed by atoms with Gasteiger partial charge in [0.15, 0.2) is 6.73 Å². The first-order valence-electron chi connectivity index (χ1n) is 13.9. The van der Waals surface area contributed by atoms with Gasteiger partial charge in [-0.15, -0.1) is 0 Å². The van der Waals surface area contributed by atoms with Crippen molar-refractivity contribution < 1.29 is 9.53 Å². The molecule has 4 aromatic rings. The number of ether oxygens (including phenoxy) is 1. The van der Waals surface area contributed by atoms with Gasteiger partial charge in [-0.3, -0.25) is 14.0 Å². The van der Waals surface area contributed by atoms with Crippen molar-refractivity contribution >= 4 is 17.0 Å². The molecule has 0 amide bonds. The van der Waals surface area contributed by atoms with Crippen LogP contribution < -0.4 is 0 Å². The molecule has 5 rings (SSSR count). The maximum atomic E-state index is 12.9. The van der Waals surface area contributed by atoms with E-state index in [1.807, 2.05) is 53.0 Å². The Morgan fingerprint density at radius 2 is 1.90 bits per heavy atom. The molecule has 0 bridgehead atoms. The van der Waals surface area contributed by atoms with E-state index in [1.165, 1.54) is 24.7 Å². The fourth-order valence-corrected chi connectivity index (χ4v) is 5.70. The van der Waals surface area contributed by atoms with Crippen LogP contribution in [0.1, 0.15) is 76.0 Å². The topological polar surface area (TPSA) is 98.6 Å². The minimum Gasteiger partial charge on any atom is -0.443 e. The number of hydrogen-bond acceptors (Lipinski definition) is 6. The predicted molar refractivity (Wildman–Crippen MR) is 149 cm³/mol. The van der Waals surface area contributed by atoms with Crippen LogP contribution in [-0.2, 0) is 22.7 Å². The molecule has 0 N–H and O–H groups in total. The molecule has 8 heteroatoms. The summed E-state index contributed by atoms with van der Waals surface area (Å²) in [5.74, 6) is 0.433. The van der Waals surface area contributed by atoms with Gasteiger partial charge in [0.25, 0.3) is 0 Å². The number of rotatable bonds is 10. The number of nitriles is 1.